The maximum absolute atomic E-state index is 12.1. The van der Waals surface area contributed by atoms with E-state index < -0.39 is 0 Å². The molecule has 0 unspecified atom stereocenters. The molecule has 0 saturated carbocycles. The van der Waals surface area contributed by atoms with Gasteiger partial charge in [-0.3, -0.25) is 4.79 Å². The fourth-order valence-electron chi connectivity index (χ4n) is 2.59. The molecule has 1 aliphatic heterocycles. The van der Waals surface area contributed by atoms with E-state index in [0.29, 0.717) is 26.2 Å². The fourth-order valence-corrected chi connectivity index (χ4v) is 2.59. The molecule has 1 aromatic heterocycles. The molecule has 1 aliphatic rings. The van der Waals surface area contributed by atoms with Gasteiger partial charge in [0.15, 0.2) is 0 Å². The van der Waals surface area contributed by atoms with Crippen molar-refractivity contribution in [3.05, 3.63) is 58.4 Å². The number of aromatic nitrogens is 2. The van der Waals surface area contributed by atoms with E-state index in [1.54, 1.807) is 18.0 Å². The number of hydrogen-bond acceptors (Lipinski definition) is 5. The molecule has 1 saturated heterocycles. The van der Waals surface area contributed by atoms with Crippen molar-refractivity contribution in [3.63, 3.8) is 0 Å². The van der Waals surface area contributed by atoms with Gasteiger partial charge in [-0.2, -0.15) is 5.10 Å². The van der Waals surface area contributed by atoms with Crippen molar-refractivity contribution in [2.24, 2.45) is 7.05 Å². The van der Waals surface area contributed by atoms with Crippen LogP contribution < -0.4 is 10.5 Å². The predicted molar refractivity (Wildman–Crippen MR) is 89.9 cm³/mol. The number of nitrogens with zero attached hydrogens (tertiary/aromatic N) is 4. The molecule has 0 spiro atoms. The Labute approximate surface area is 140 Å². The highest BCUT2D eigenvalue weighted by molar-refractivity contribution is 5.68. The Morgan fingerprint density at radius 3 is 2.46 bits per heavy atom. The van der Waals surface area contributed by atoms with Gasteiger partial charge in [0.2, 0.25) is 0 Å². The zero-order valence-corrected chi connectivity index (χ0v) is 13.6. The third kappa shape index (κ3) is 3.73. The lowest BCUT2D eigenvalue weighted by Gasteiger charge is -2.34. The van der Waals surface area contributed by atoms with Gasteiger partial charge in [0, 0.05) is 39.3 Å². The molecule has 1 fully saturated rings. The third-order valence-corrected chi connectivity index (χ3v) is 4.01. The van der Waals surface area contributed by atoms with Gasteiger partial charge in [0.25, 0.3) is 5.56 Å². The van der Waals surface area contributed by atoms with Gasteiger partial charge < -0.3 is 14.5 Å². The number of benzene rings is 1. The first kappa shape index (κ1) is 16.0. The van der Waals surface area contributed by atoms with E-state index in [-0.39, 0.29) is 18.3 Å². The summed E-state index contributed by atoms with van der Waals surface area (Å²) in [6, 6.07) is 12.8. The number of amides is 1. The number of carbonyl (C=O) groups excluding carboxylic acids is 1. The topological polar surface area (TPSA) is 67.7 Å². The molecule has 2 heterocycles. The Bertz CT molecular complexity index is 752. The monoisotopic (exact) mass is 328 g/mol. The second kappa shape index (κ2) is 7.16. The summed E-state index contributed by atoms with van der Waals surface area (Å²) < 4.78 is 6.67. The molecular formula is C17H20N4O3. The Hall–Kier alpha value is -2.83. The fraction of sp³-hybridized carbons (Fsp3) is 0.353. The molecule has 7 heteroatoms. The van der Waals surface area contributed by atoms with Crippen LogP contribution in [-0.2, 0) is 18.4 Å². The molecule has 3 rings (SSSR count). The smallest absolute Gasteiger partial charge is 0.410 e. The predicted octanol–water partition coefficient (Wildman–Crippen LogP) is 1.24. The Balaban J connectivity index is 1.51. The van der Waals surface area contributed by atoms with Crippen molar-refractivity contribution in [2.75, 3.05) is 31.1 Å². The quantitative estimate of drug-likeness (QED) is 0.848. The Kier molecular flexibility index (Phi) is 4.79. The van der Waals surface area contributed by atoms with E-state index >= 15 is 0 Å². The molecule has 2 aromatic rings. The van der Waals surface area contributed by atoms with Gasteiger partial charge in [-0.1, -0.05) is 30.3 Å². The summed E-state index contributed by atoms with van der Waals surface area (Å²) in [4.78, 5) is 27.3. The van der Waals surface area contributed by atoms with Crippen molar-refractivity contribution < 1.29 is 9.53 Å². The lowest BCUT2D eigenvalue weighted by molar-refractivity contribution is 0.0941. The van der Waals surface area contributed by atoms with Crippen LogP contribution in [0.25, 0.3) is 0 Å². The molecule has 0 radical (unpaired) electrons. The van der Waals surface area contributed by atoms with Crippen molar-refractivity contribution >= 4 is 11.9 Å². The number of rotatable bonds is 3. The van der Waals surface area contributed by atoms with Gasteiger partial charge in [0.05, 0.1) is 0 Å². The highest BCUT2D eigenvalue weighted by atomic mass is 16.6. The van der Waals surface area contributed by atoms with Crippen LogP contribution in [0.5, 0.6) is 0 Å². The Morgan fingerprint density at radius 1 is 1.08 bits per heavy atom. The third-order valence-electron chi connectivity index (χ3n) is 4.01. The second-order valence-corrected chi connectivity index (χ2v) is 5.67. The highest BCUT2D eigenvalue weighted by Crippen LogP contribution is 2.12. The summed E-state index contributed by atoms with van der Waals surface area (Å²) in [5.74, 6) is 0.745. The molecule has 1 aromatic carbocycles. The Morgan fingerprint density at radius 2 is 1.79 bits per heavy atom. The van der Waals surface area contributed by atoms with Crippen molar-refractivity contribution in [3.8, 4) is 0 Å². The van der Waals surface area contributed by atoms with E-state index in [0.717, 1.165) is 11.4 Å². The maximum Gasteiger partial charge on any atom is 0.410 e. The zero-order valence-electron chi connectivity index (χ0n) is 13.6. The first-order valence-corrected chi connectivity index (χ1v) is 7.88. The van der Waals surface area contributed by atoms with Crippen LogP contribution in [0.4, 0.5) is 10.6 Å². The summed E-state index contributed by atoms with van der Waals surface area (Å²) in [5.41, 5.74) is 0.834. The van der Waals surface area contributed by atoms with Crippen molar-refractivity contribution in [2.45, 2.75) is 6.61 Å². The van der Waals surface area contributed by atoms with Gasteiger partial charge in [-0.25, -0.2) is 9.48 Å². The first-order chi connectivity index (χ1) is 11.6. The molecule has 0 N–H and O–H groups in total. The average Bonchev–Trinajstić information content (AvgIpc) is 2.63. The lowest BCUT2D eigenvalue weighted by atomic mass is 10.2. The van der Waals surface area contributed by atoms with E-state index in [1.165, 1.54) is 10.7 Å². The van der Waals surface area contributed by atoms with Crippen molar-refractivity contribution in [1.29, 1.82) is 0 Å². The van der Waals surface area contributed by atoms with E-state index in [2.05, 4.69) is 10.00 Å². The molecular weight excluding hydrogens is 308 g/mol. The van der Waals surface area contributed by atoms with Gasteiger partial charge in [-0.15, -0.1) is 0 Å². The molecule has 126 valence electrons. The molecule has 0 aliphatic carbocycles. The van der Waals surface area contributed by atoms with E-state index in [1.807, 2.05) is 30.3 Å². The SMILES string of the molecule is Cn1nc(N2CCN(C(=O)OCc3ccccc3)CC2)ccc1=O. The molecule has 7 nitrogen and oxygen atoms in total. The maximum atomic E-state index is 12.1. The summed E-state index contributed by atoms with van der Waals surface area (Å²) in [5, 5.41) is 4.24. The van der Waals surface area contributed by atoms with Gasteiger partial charge in [-0.05, 0) is 11.6 Å². The highest BCUT2D eigenvalue weighted by Gasteiger charge is 2.23. The van der Waals surface area contributed by atoms with E-state index in [9.17, 15) is 9.59 Å². The van der Waals surface area contributed by atoms with Gasteiger partial charge in [0.1, 0.15) is 12.4 Å². The molecule has 0 atom stereocenters. The minimum absolute atomic E-state index is 0.137. The molecule has 0 bridgehead atoms. The normalized spacial score (nSPS) is 14.5. The number of anilines is 1. The first-order valence-electron chi connectivity index (χ1n) is 7.88. The van der Waals surface area contributed by atoms with Crippen LogP contribution in [0.3, 0.4) is 0 Å². The van der Waals surface area contributed by atoms with Crippen LogP contribution in [0.1, 0.15) is 5.56 Å². The number of ether oxygens (including phenoxy) is 1. The molecule has 1 amide bonds. The number of carbonyl (C=O) groups is 1. The largest absolute Gasteiger partial charge is 0.445 e. The van der Waals surface area contributed by atoms with Crippen LogP contribution in [0, 0.1) is 0 Å². The summed E-state index contributed by atoms with van der Waals surface area (Å²) in [6.45, 7) is 2.73. The standard InChI is InChI=1S/C17H20N4O3/c1-19-16(22)8-7-15(18-19)20-9-11-21(12-10-20)17(23)24-13-14-5-3-2-4-6-14/h2-8H,9-13H2,1H3. The molecule has 24 heavy (non-hydrogen) atoms. The van der Waals surface area contributed by atoms with Crippen LogP contribution in [0.2, 0.25) is 0 Å². The lowest BCUT2D eigenvalue weighted by Crippen LogP contribution is -2.49. The van der Waals surface area contributed by atoms with Gasteiger partial charge >= 0.3 is 6.09 Å². The van der Waals surface area contributed by atoms with Crippen LogP contribution >= 0.6 is 0 Å². The van der Waals surface area contributed by atoms with E-state index in [4.69, 9.17) is 4.74 Å². The summed E-state index contributed by atoms with van der Waals surface area (Å²) in [6.07, 6.45) is -0.299. The summed E-state index contributed by atoms with van der Waals surface area (Å²) >= 11 is 0. The number of hydrogen-bond donors (Lipinski definition) is 0. The minimum Gasteiger partial charge on any atom is -0.445 e. The second-order valence-electron chi connectivity index (χ2n) is 5.67. The van der Waals surface area contributed by atoms with Crippen LogP contribution in [-0.4, -0.2) is 47.0 Å². The summed E-state index contributed by atoms with van der Waals surface area (Å²) in [7, 11) is 1.63. The zero-order chi connectivity index (χ0) is 16.9. The number of aryl methyl sites for hydroxylation is 1. The number of piperazine rings is 1. The van der Waals surface area contributed by atoms with Crippen molar-refractivity contribution in [1.82, 2.24) is 14.7 Å². The minimum atomic E-state index is -0.299. The van der Waals surface area contributed by atoms with Crippen LogP contribution in [0.15, 0.2) is 47.3 Å². The average molecular weight is 328 g/mol.